The van der Waals surface area contributed by atoms with Crippen molar-refractivity contribution in [3.05, 3.63) is 151 Å². The third-order valence-electron chi connectivity index (χ3n) is 6.91. The average molecular weight is 844 g/mol. The largest absolute Gasteiger partial charge is 0.508 e. The minimum absolute atomic E-state index is 0.0131. The van der Waals surface area contributed by atoms with Gasteiger partial charge in [0.15, 0.2) is 0 Å². The van der Waals surface area contributed by atoms with E-state index in [0.717, 1.165) is 24.3 Å². The maximum absolute atomic E-state index is 10.4. The minimum atomic E-state index is -0.946. The number of nitro benzene ring substituents is 6. The average Bonchev–Trinajstić information content (AvgIpc) is 3.19. The van der Waals surface area contributed by atoms with Crippen molar-refractivity contribution in [3.8, 4) is 23.0 Å². The molecule has 0 aliphatic carbocycles. The number of nitrogens with two attached hydrogens (primary N) is 4. The number of nitrogen functional groups attached to an aromatic ring is 4. The molecule has 0 unspecified atom stereocenters. The number of aliphatic hydroxyl groups excluding tert-OH is 1. The quantitative estimate of drug-likeness (QED) is 0.0336. The molecule has 0 aliphatic heterocycles. The molecule has 60 heavy (non-hydrogen) atoms. The summed E-state index contributed by atoms with van der Waals surface area (Å²) in [6.45, 7) is -0.131. The van der Waals surface area contributed by atoms with Crippen molar-refractivity contribution in [3.63, 3.8) is 0 Å². The van der Waals surface area contributed by atoms with E-state index in [1.807, 2.05) is 0 Å². The van der Waals surface area contributed by atoms with Crippen LogP contribution in [0.5, 0.6) is 23.0 Å². The van der Waals surface area contributed by atoms with Crippen LogP contribution in [0, 0.1) is 60.7 Å². The number of non-ortho nitro benzene ring substituents is 4. The molecule has 28 nitrogen and oxygen atoms in total. The first-order chi connectivity index (χ1) is 27.9. The number of rotatable bonds is 8. The lowest BCUT2D eigenvalue weighted by molar-refractivity contribution is -0.394. The first-order valence-electron chi connectivity index (χ1n) is 15.6. The number of nitrogens with one attached hydrogen (secondary N) is 1. The number of anilines is 5. The maximum atomic E-state index is 10.4. The van der Waals surface area contributed by atoms with Gasteiger partial charge >= 0.3 is 5.69 Å². The second kappa shape index (κ2) is 22.3. The number of phenolic OH excluding ortho intramolecular Hbond substituents is 4. The molecule has 0 bridgehead atoms. The van der Waals surface area contributed by atoms with Gasteiger partial charge in [-0.1, -0.05) is 0 Å². The Morgan fingerprint density at radius 3 is 1.40 bits per heavy atom. The second-order valence-corrected chi connectivity index (χ2v) is 10.9. The van der Waals surface area contributed by atoms with Gasteiger partial charge in [0.25, 0.3) is 28.4 Å². The van der Waals surface area contributed by atoms with Gasteiger partial charge in [-0.25, -0.2) is 0 Å². The molecule has 0 aliphatic rings. The molecule has 0 aromatic heterocycles. The minimum Gasteiger partial charge on any atom is -0.508 e. The number of phenols is 4. The summed E-state index contributed by atoms with van der Waals surface area (Å²) in [4.78, 5) is 57.4. The summed E-state index contributed by atoms with van der Waals surface area (Å²) in [5, 5.41) is 109. The van der Waals surface area contributed by atoms with Crippen molar-refractivity contribution < 1.29 is 55.1 Å². The van der Waals surface area contributed by atoms with Crippen molar-refractivity contribution in [2.75, 3.05) is 35.3 Å². The van der Waals surface area contributed by atoms with Gasteiger partial charge in [-0.05, 0) is 30.3 Å². The smallest absolute Gasteiger partial charge is 0.319 e. The second-order valence-electron chi connectivity index (χ2n) is 10.9. The molecular weight excluding hydrogens is 810 g/mol. The van der Waals surface area contributed by atoms with E-state index >= 15 is 0 Å². The van der Waals surface area contributed by atoms with Crippen molar-refractivity contribution in [1.29, 1.82) is 0 Å². The van der Waals surface area contributed by atoms with Crippen molar-refractivity contribution in [1.82, 2.24) is 0 Å². The fourth-order valence-electron chi connectivity index (χ4n) is 3.91. The Morgan fingerprint density at radius 2 is 0.950 bits per heavy atom. The van der Waals surface area contributed by atoms with E-state index in [1.54, 1.807) is 7.05 Å². The number of benzene rings is 5. The van der Waals surface area contributed by atoms with E-state index in [2.05, 4.69) is 5.32 Å². The monoisotopic (exact) mass is 843 g/mol. The molecule has 28 heteroatoms. The van der Waals surface area contributed by atoms with Crippen LogP contribution >= 0.6 is 0 Å². The van der Waals surface area contributed by atoms with Crippen LogP contribution < -0.4 is 28.3 Å². The summed E-state index contributed by atoms with van der Waals surface area (Å²) < 4.78 is 0. The standard InChI is InChI=1S/C8H10N2O3.C6H5N3O5.3C6H6N2O3/c1-9-8-4-7(10(12)13)3-2-6(8)5-11;7-4-1-3(8(11)12)2-5(6(4)10)9(13)14;7-5-3-4(8(10)11)1-2-6(5)9;7-5-2-1-4(9)3-6(5)8(10)11;7-5-2-1-4(8(10)11)3-6(5)9/h2-4,9,11H,5H2,1H3;1-2,10H,7H2;3*1-3,9H,7H2. The first kappa shape index (κ1) is 48.7. The van der Waals surface area contributed by atoms with Crippen molar-refractivity contribution in [2.24, 2.45) is 0 Å². The van der Waals surface area contributed by atoms with Gasteiger partial charge in [0.05, 0.1) is 71.4 Å². The third kappa shape index (κ3) is 14.7. The van der Waals surface area contributed by atoms with Gasteiger partial charge in [0.2, 0.25) is 5.75 Å². The normalized spacial score (nSPS) is 9.57. The summed E-state index contributed by atoms with van der Waals surface area (Å²) in [6, 6.07) is 16.4. The summed E-state index contributed by atoms with van der Waals surface area (Å²) in [7, 11) is 1.65. The molecule has 5 rings (SSSR count). The van der Waals surface area contributed by atoms with Crippen LogP contribution in [0.4, 0.5) is 62.6 Å². The van der Waals surface area contributed by atoms with Crippen LogP contribution in [0.25, 0.3) is 0 Å². The Bertz CT molecular complexity index is 2340. The van der Waals surface area contributed by atoms with E-state index in [0.29, 0.717) is 17.3 Å². The van der Waals surface area contributed by atoms with E-state index in [1.165, 1.54) is 54.6 Å². The molecule has 0 fully saturated rings. The zero-order valence-corrected chi connectivity index (χ0v) is 30.4. The fraction of sp³-hybridized carbons (Fsp3) is 0.0625. The highest BCUT2D eigenvalue weighted by Crippen LogP contribution is 2.36. The van der Waals surface area contributed by atoms with Crippen LogP contribution in [0.2, 0.25) is 0 Å². The van der Waals surface area contributed by atoms with Gasteiger partial charge in [-0.3, -0.25) is 60.7 Å². The molecule has 0 amide bonds. The topological polar surface area (TPSA) is 476 Å². The molecule has 318 valence electrons. The zero-order chi connectivity index (χ0) is 46.0. The van der Waals surface area contributed by atoms with Gasteiger partial charge < -0.3 is 53.8 Å². The lowest BCUT2D eigenvalue weighted by Gasteiger charge is -2.05. The highest BCUT2D eigenvalue weighted by atomic mass is 16.6. The van der Waals surface area contributed by atoms with Crippen LogP contribution in [-0.4, -0.2) is 62.1 Å². The molecule has 0 heterocycles. The van der Waals surface area contributed by atoms with Gasteiger partial charge in [0, 0.05) is 54.7 Å². The van der Waals surface area contributed by atoms with Gasteiger partial charge in [0.1, 0.15) is 22.9 Å². The number of nitrogens with zero attached hydrogens (tertiary/aromatic N) is 6. The predicted octanol–water partition coefficient (Wildman–Crippen LogP) is 4.57. The Kier molecular flexibility index (Phi) is 18.1. The lowest BCUT2D eigenvalue weighted by Crippen LogP contribution is -1.97. The molecule has 0 spiro atoms. The molecule has 5 aromatic carbocycles. The Balaban J connectivity index is 0.000000376. The molecule has 5 aromatic rings. The fourth-order valence-corrected chi connectivity index (χ4v) is 3.91. The Labute approximate surface area is 333 Å². The summed E-state index contributed by atoms with van der Waals surface area (Å²) in [5.41, 5.74) is 20.0. The van der Waals surface area contributed by atoms with E-state index in [-0.39, 0.29) is 63.7 Å². The molecule has 0 atom stereocenters. The zero-order valence-electron chi connectivity index (χ0n) is 30.4. The highest BCUT2D eigenvalue weighted by Gasteiger charge is 2.22. The highest BCUT2D eigenvalue weighted by molar-refractivity contribution is 5.68. The summed E-state index contributed by atoms with van der Waals surface area (Å²) in [6.07, 6.45) is 0. The molecule has 0 saturated carbocycles. The number of aliphatic hydroxyl groups is 1. The number of nitro groups is 6. The SMILES string of the molecule is CNc1cc([N+](=O)[O-])ccc1CO.Nc1cc([N+](=O)[O-])cc([N+](=O)[O-])c1O.Nc1cc([N+](=O)[O-])ccc1O.Nc1ccc(O)cc1[N+](=O)[O-].Nc1ccc([N+](=O)[O-])cc1O. The number of hydrogen-bond donors (Lipinski definition) is 10. The molecule has 0 saturated heterocycles. The van der Waals surface area contributed by atoms with Crippen LogP contribution in [-0.2, 0) is 6.61 Å². The third-order valence-corrected chi connectivity index (χ3v) is 6.91. The maximum Gasteiger partial charge on any atom is 0.319 e. The lowest BCUT2D eigenvalue weighted by atomic mass is 10.1. The Hall–Kier alpha value is -9.34. The molecule has 0 radical (unpaired) electrons. The number of hydrogen-bond acceptors (Lipinski definition) is 22. The summed E-state index contributed by atoms with van der Waals surface area (Å²) in [5.74, 6) is -1.33. The van der Waals surface area contributed by atoms with Crippen LogP contribution in [0.1, 0.15) is 5.56 Å². The van der Waals surface area contributed by atoms with Gasteiger partial charge in [-0.2, -0.15) is 0 Å². The van der Waals surface area contributed by atoms with E-state index in [9.17, 15) is 60.7 Å². The summed E-state index contributed by atoms with van der Waals surface area (Å²) >= 11 is 0. The van der Waals surface area contributed by atoms with Crippen molar-refractivity contribution in [2.45, 2.75) is 6.61 Å². The Morgan fingerprint density at radius 1 is 0.483 bits per heavy atom. The molecular formula is C32H33N11O17. The first-order valence-corrected chi connectivity index (χ1v) is 15.6. The molecule has 14 N–H and O–H groups in total. The van der Waals surface area contributed by atoms with Crippen LogP contribution in [0.3, 0.4) is 0 Å². The van der Waals surface area contributed by atoms with E-state index < -0.39 is 52.4 Å². The van der Waals surface area contributed by atoms with Crippen molar-refractivity contribution >= 4 is 62.6 Å². The van der Waals surface area contributed by atoms with Gasteiger partial charge in [-0.15, -0.1) is 0 Å². The van der Waals surface area contributed by atoms with E-state index in [4.69, 9.17) is 48.5 Å². The number of aromatic hydroxyl groups is 4. The predicted molar refractivity (Wildman–Crippen MR) is 212 cm³/mol. The van der Waals surface area contributed by atoms with Crippen LogP contribution in [0.15, 0.2) is 84.9 Å².